The van der Waals surface area contributed by atoms with Gasteiger partial charge in [-0.25, -0.2) is 4.68 Å². The molecule has 0 bridgehead atoms. The minimum atomic E-state index is -0.146. The molecule has 1 aromatic heterocycles. The molecular formula is C16H22BrN3. The van der Waals surface area contributed by atoms with Gasteiger partial charge in [-0.05, 0) is 53.9 Å². The monoisotopic (exact) mass is 335 g/mol. The standard InChI is InChI=1S/C16H22BrN3/c1-10-7-6-8-13(11(10)2)20-12(3)14(17)15(19-20)16(4,5)9-18/h6-8H,9,18H2,1-5H3. The van der Waals surface area contributed by atoms with Gasteiger partial charge < -0.3 is 5.73 Å². The maximum absolute atomic E-state index is 5.89. The minimum Gasteiger partial charge on any atom is -0.330 e. The van der Waals surface area contributed by atoms with E-state index in [1.165, 1.54) is 11.1 Å². The molecule has 0 fully saturated rings. The highest BCUT2D eigenvalue weighted by atomic mass is 79.9. The Morgan fingerprint density at radius 1 is 1.25 bits per heavy atom. The Morgan fingerprint density at radius 2 is 1.90 bits per heavy atom. The molecule has 2 N–H and O–H groups in total. The summed E-state index contributed by atoms with van der Waals surface area (Å²) in [6.07, 6.45) is 0. The normalized spacial score (nSPS) is 11.9. The molecule has 4 heteroatoms. The molecule has 108 valence electrons. The van der Waals surface area contributed by atoms with E-state index >= 15 is 0 Å². The second-order valence-corrected chi connectivity index (χ2v) is 6.76. The number of aryl methyl sites for hydroxylation is 1. The first-order valence-electron chi connectivity index (χ1n) is 6.82. The largest absolute Gasteiger partial charge is 0.330 e. The summed E-state index contributed by atoms with van der Waals surface area (Å²) in [7, 11) is 0. The lowest BCUT2D eigenvalue weighted by molar-refractivity contribution is 0.513. The van der Waals surface area contributed by atoms with Crippen molar-refractivity contribution < 1.29 is 0 Å². The minimum absolute atomic E-state index is 0.146. The molecule has 0 spiro atoms. The average Bonchev–Trinajstić information content (AvgIpc) is 2.71. The molecule has 0 aliphatic heterocycles. The third-order valence-corrected chi connectivity index (χ3v) is 4.95. The second-order valence-electron chi connectivity index (χ2n) is 5.97. The van der Waals surface area contributed by atoms with Crippen molar-refractivity contribution >= 4 is 15.9 Å². The van der Waals surface area contributed by atoms with Gasteiger partial charge in [0, 0.05) is 12.0 Å². The van der Waals surface area contributed by atoms with Crippen LogP contribution in [0.25, 0.3) is 5.69 Å². The van der Waals surface area contributed by atoms with Crippen LogP contribution in [0.15, 0.2) is 22.7 Å². The van der Waals surface area contributed by atoms with Crippen LogP contribution in [0, 0.1) is 20.8 Å². The molecule has 0 aliphatic rings. The number of halogens is 1. The molecule has 0 atom stereocenters. The van der Waals surface area contributed by atoms with E-state index in [1.807, 2.05) is 4.68 Å². The van der Waals surface area contributed by atoms with Crippen LogP contribution in [0.4, 0.5) is 0 Å². The second kappa shape index (κ2) is 5.34. The first-order valence-corrected chi connectivity index (χ1v) is 7.61. The lowest BCUT2D eigenvalue weighted by Gasteiger charge is -2.20. The molecule has 1 aromatic carbocycles. The van der Waals surface area contributed by atoms with Gasteiger partial charge >= 0.3 is 0 Å². The van der Waals surface area contributed by atoms with Crippen molar-refractivity contribution in [3.8, 4) is 5.69 Å². The predicted molar refractivity (Wildman–Crippen MR) is 87.6 cm³/mol. The zero-order valence-electron chi connectivity index (χ0n) is 12.8. The Morgan fingerprint density at radius 3 is 2.50 bits per heavy atom. The van der Waals surface area contributed by atoms with Crippen LogP contribution in [-0.2, 0) is 5.41 Å². The number of rotatable bonds is 3. The van der Waals surface area contributed by atoms with Crippen LogP contribution in [0.3, 0.4) is 0 Å². The van der Waals surface area contributed by atoms with Gasteiger partial charge in [-0.1, -0.05) is 26.0 Å². The topological polar surface area (TPSA) is 43.8 Å². The van der Waals surface area contributed by atoms with Crippen molar-refractivity contribution in [3.05, 3.63) is 45.2 Å². The molecule has 1 heterocycles. The zero-order chi connectivity index (χ0) is 15.1. The Balaban J connectivity index is 2.66. The number of hydrogen-bond acceptors (Lipinski definition) is 2. The smallest absolute Gasteiger partial charge is 0.0842 e. The summed E-state index contributed by atoms with van der Waals surface area (Å²) in [6.45, 7) is 11.1. The van der Waals surface area contributed by atoms with E-state index in [-0.39, 0.29) is 5.41 Å². The molecule has 0 amide bonds. The third kappa shape index (κ3) is 2.42. The third-order valence-electron chi connectivity index (χ3n) is 4.00. The van der Waals surface area contributed by atoms with E-state index in [4.69, 9.17) is 10.8 Å². The Hall–Kier alpha value is -1.13. The van der Waals surface area contributed by atoms with Crippen molar-refractivity contribution in [2.45, 2.75) is 40.0 Å². The molecule has 2 rings (SSSR count). The van der Waals surface area contributed by atoms with Crippen LogP contribution in [0.2, 0.25) is 0 Å². The quantitative estimate of drug-likeness (QED) is 0.927. The summed E-state index contributed by atoms with van der Waals surface area (Å²) in [5.41, 5.74) is 11.5. The molecule has 2 aromatic rings. The molecule has 0 saturated heterocycles. The lowest BCUT2D eigenvalue weighted by atomic mass is 9.89. The fourth-order valence-electron chi connectivity index (χ4n) is 2.21. The fraction of sp³-hybridized carbons (Fsp3) is 0.438. The summed E-state index contributed by atoms with van der Waals surface area (Å²) >= 11 is 3.68. The van der Waals surface area contributed by atoms with E-state index in [0.29, 0.717) is 6.54 Å². The first-order chi connectivity index (χ1) is 9.29. The number of benzene rings is 1. The van der Waals surface area contributed by atoms with Gasteiger partial charge in [-0.15, -0.1) is 0 Å². The molecule has 3 nitrogen and oxygen atoms in total. The van der Waals surface area contributed by atoms with Crippen LogP contribution < -0.4 is 5.73 Å². The Labute approximate surface area is 129 Å². The van der Waals surface area contributed by atoms with Crippen LogP contribution in [-0.4, -0.2) is 16.3 Å². The summed E-state index contributed by atoms with van der Waals surface area (Å²) < 4.78 is 3.06. The summed E-state index contributed by atoms with van der Waals surface area (Å²) in [5, 5.41) is 4.81. The maximum Gasteiger partial charge on any atom is 0.0842 e. The van der Waals surface area contributed by atoms with Gasteiger partial charge in [0.1, 0.15) is 0 Å². The Bertz CT molecular complexity index is 641. The zero-order valence-corrected chi connectivity index (χ0v) is 14.4. The first kappa shape index (κ1) is 15.3. The Kier molecular flexibility index (Phi) is 4.07. The van der Waals surface area contributed by atoms with Crippen molar-refractivity contribution in [1.82, 2.24) is 9.78 Å². The van der Waals surface area contributed by atoms with Gasteiger partial charge in [0.15, 0.2) is 0 Å². The van der Waals surface area contributed by atoms with Crippen molar-refractivity contribution in [3.63, 3.8) is 0 Å². The van der Waals surface area contributed by atoms with Gasteiger partial charge in [0.25, 0.3) is 0 Å². The van der Waals surface area contributed by atoms with E-state index in [1.54, 1.807) is 0 Å². The number of aromatic nitrogens is 2. The van der Waals surface area contributed by atoms with Gasteiger partial charge in [-0.3, -0.25) is 0 Å². The predicted octanol–water partition coefficient (Wildman–Crippen LogP) is 3.80. The summed E-state index contributed by atoms with van der Waals surface area (Å²) in [6, 6.07) is 6.30. The molecule has 0 aliphatic carbocycles. The number of nitrogens with two attached hydrogens (primary N) is 1. The van der Waals surface area contributed by atoms with Gasteiger partial charge in [0.05, 0.1) is 21.5 Å². The van der Waals surface area contributed by atoms with Gasteiger partial charge in [0.2, 0.25) is 0 Å². The summed E-state index contributed by atoms with van der Waals surface area (Å²) in [5.74, 6) is 0. The molecule has 0 saturated carbocycles. The SMILES string of the molecule is Cc1cccc(-n2nc(C(C)(C)CN)c(Br)c2C)c1C. The van der Waals surface area contributed by atoms with E-state index in [9.17, 15) is 0 Å². The highest BCUT2D eigenvalue weighted by Crippen LogP contribution is 2.33. The van der Waals surface area contributed by atoms with Crippen molar-refractivity contribution in [1.29, 1.82) is 0 Å². The summed E-state index contributed by atoms with van der Waals surface area (Å²) in [4.78, 5) is 0. The maximum atomic E-state index is 5.89. The van der Waals surface area contributed by atoms with Crippen LogP contribution in [0.5, 0.6) is 0 Å². The number of nitrogens with zero attached hydrogens (tertiary/aromatic N) is 2. The highest BCUT2D eigenvalue weighted by molar-refractivity contribution is 9.10. The van der Waals surface area contributed by atoms with E-state index < -0.39 is 0 Å². The lowest BCUT2D eigenvalue weighted by Crippen LogP contribution is -2.29. The van der Waals surface area contributed by atoms with Gasteiger partial charge in [-0.2, -0.15) is 5.10 Å². The highest BCUT2D eigenvalue weighted by Gasteiger charge is 2.27. The molecular weight excluding hydrogens is 314 g/mol. The molecule has 0 unspecified atom stereocenters. The molecule has 20 heavy (non-hydrogen) atoms. The van der Waals surface area contributed by atoms with Crippen LogP contribution in [0.1, 0.15) is 36.4 Å². The molecule has 0 radical (unpaired) electrons. The number of hydrogen-bond donors (Lipinski definition) is 1. The van der Waals surface area contributed by atoms with Crippen molar-refractivity contribution in [2.24, 2.45) is 5.73 Å². The van der Waals surface area contributed by atoms with E-state index in [0.717, 1.165) is 21.5 Å². The van der Waals surface area contributed by atoms with E-state index in [2.05, 4.69) is 68.7 Å². The average molecular weight is 336 g/mol. The van der Waals surface area contributed by atoms with Crippen molar-refractivity contribution in [2.75, 3.05) is 6.54 Å². The fourth-order valence-corrected chi connectivity index (χ4v) is 3.00. The van der Waals surface area contributed by atoms with Crippen LogP contribution >= 0.6 is 15.9 Å².